The van der Waals surface area contributed by atoms with Crippen molar-refractivity contribution in [3.8, 4) is 11.8 Å². The number of benzene rings is 1. The van der Waals surface area contributed by atoms with Gasteiger partial charge in [0.05, 0.1) is 6.10 Å². The fourth-order valence-corrected chi connectivity index (χ4v) is 4.25. The van der Waals surface area contributed by atoms with Crippen LogP contribution in [0.25, 0.3) is 0 Å². The molecule has 4 rings (SSSR count). The third-order valence-corrected chi connectivity index (χ3v) is 5.94. The van der Waals surface area contributed by atoms with Gasteiger partial charge in [0.15, 0.2) is 0 Å². The first-order valence-corrected chi connectivity index (χ1v) is 8.63. The lowest BCUT2D eigenvalue weighted by Gasteiger charge is -2.40. The number of methoxy groups -OCH3 is 1. The van der Waals surface area contributed by atoms with E-state index in [1.54, 1.807) is 0 Å². The van der Waals surface area contributed by atoms with Gasteiger partial charge in [-0.1, -0.05) is 17.9 Å². The van der Waals surface area contributed by atoms with E-state index in [1.165, 1.54) is 36.8 Å². The largest absolute Gasteiger partial charge is 0.381 e. The van der Waals surface area contributed by atoms with E-state index in [1.807, 2.05) is 7.11 Å². The molecule has 1 unspecified atom stereocenters. The number of nitrogens with two attached hydrogens (primary N) is 1. The molecule has 3 aliphatic rings. The molecule has 116 valence electrons. The summed E-state index contributed by atoms with van der Waals surface area (Å²) in [5.41, 5.74) is 10.9. The number of ether oxygens (including phenoxy) is 1. The van der Waals surface area contributed by atoms with Crippen LogP contribution in [0.3, 0.4) is 0 Å². The number of fused-ring (bicyclic) bond motifs is 1. The van der Waals surface area contributed by atoms with Crippen molar-refractivity contribution in [2.24, 2.45) is 17.1 Å². The Morgan fingerprint density at radius 1 is 1.18 bits per heavy atom. The maximum absolute atomic E-state index is 6.69. The Labute approximate surface area is 133 Å². The number of hydrogen-bond acceptors (Lipinski definition) is 2. The molecule has 0 aromatic heterocycles. The zero-order valence-electron chi connectivity index (χ0n) is 13.4. The second-order valence-electron chi connectivity index (χ2n) is 7.41. The van der Waals surface area contributed by atoms with Gasteiger partial charge in [-0.2, -0.15) is 0 Å². The summed E-state index contributed by atoms with van der Waals surface area (Å²) in [5, 5.41) is 0. The molecule has 0 saturated heterocycles. The van der Waals surface area contributed by atoms with Crippen LogP contribution in [0, 0.1) is 23.2 Å². The highest BCUT2D eigenvalue weighted by atomic mass is 16.5. The maximum Gasteiger partial charge on any atom is 0.0571 e. The predicted octanol–water partition coefficient (Wildman–Crippen LogP) is 3.58. The molecular weight excluding hydrogens is 270 g/mol. The topological polar surface area (TPSA) is 35.2 Å². The zero-order chi connectivity index (χ0) is 15.2. The van der Waals surface area contributed by atoms with Crippen molar-refractivity contribution in [2.75, 3.05) is 7.11 Å². The normalized spacial score (nSPS) is 33.4. The molecule has 2 N–H and O–H groups in total. The van der Waals surface area contributed by atoms with Gasteiger partial charge in [0, 0.05) is 24.6 Å². The lowest BCUT2D eigenvalue weighted by Crippen LogP contribution is -2.37. The van der Waals surface area contributed by atoms with E-state index in [4.69, 9.17) is 10.5 Å². The van der Waals surface area contributed by atoms with Crippen LogP contribution in [0.1, 0.15) is 61.3 Å². The summed E-state index contributed by atoms with van der Waals surface area (Å²) in [4.78, 5) is 0. The van der Waals surface area contributed by atoms with Crippen LogP contribution in [0.5, 0.6) is 0 Å². The fourth-order valence-electron chi connectivity index (χ4n) is 4.25. The van der Waals surface area contributed by atoms with Gasteiger partial charge in [0.25, 0.3) is 0 Å². The van der Waals surface area contributed by atoms with Crippen LogP contribution in [0.15, 0.2) is 18.2 Å². The summed E-state index contributed by atoms with van der Waals surface area (Å²) in [6, 6.07) is 6.87. The lowest BCUT2D eigenvalue weighted by molar-refractivity contribution is 0.0207. The zero-order valence-corrected chi connectivity index (χ0v) is 13.4. The Kier molecular flexibility index (Phi) is 3.51. The number of rotatable bonds is 1. The van der Waals surface area contributed by atoms with Gasteiger partial charge in [-0.3, -0.25) is 0 Å². The summed E-state index contributed by atoms with van der Waals surface area (Å²) >= 11 is 0. The van der Waals surface area contributed by atoms with Gasteiger partial charge in [0.2, 0.25) is 0 Å². The van der Waals surface area contributed by atoms with E-state index in [9.17, 15) is 0 Å². The first-order chi connectivity index (χ1) is 10.7. The van der Waals surface area contributed by atoms with Crippen LogP contribution in [-0.4, -0.2) is 13.2 Å². The van der Waals surface area contributed by atoms with Crippen molar-refractivity contribution in [1.29, 1.82) is 0 Å². The molecule has 2 saturated carbocycles. The molecule has 1 atom stereocenters. The van der Waals surface area contributed by atoms with E-state index in [2.05, 4.69) is 30.0 Å². The van der Waals surface area contributed by atoms with Crippen LogP contribution in [-0.2, 0) is 11.2 Å². The maximum atomic E-state index is 6.69. The highest BCUT2D eigenvalue weighted by Crippen LogP contribution is 2.53. The molecule has 0 radical (unpaired) electrons. The Hall–Kier alpha value is -1.30. The Morgan fingerprint density at radius 3 is 2.64 bits per heavy atom. The van der Waals surface area contributed by atoms with Gasteiger partial charge < -0.3 is 10.5 Å². The SMILES string of the molecule is COC1CCC2(CC1)Cc1ccc(C#CC3CC3)cc1C2N. The minimum atomic E-state index is 0.169. The molecule has 1 aromatic carbocycles. The van der Waals surface area contributed by atoms with Crippen LogP contribution in [0.4, 0.5) is 0 Å². The lowest BCUT2D eigenvalue weighted by atomic mass is 9.69. The summed E-state index contributed by atoms with van der Waals surface area (Å²) < 4.78 is 5.53. The van der Waals surface area contributed by atoms with Crippen molar-refractivity contribution in [3.05, 3.63) is 34.9 Å². The van der Waals surface area contributed by atoms with Crippen molar-refractivity contribution in [2.45, 2.75) is 57.1 Å². The molecular formula is C20H25NO. The minimum Gasteiger partial charge on any atom is -0.381 e. The molecule has 0 amide bonds. The second-order valence-corrected chi connectivity index (χ2v) is 7.41. The molecule has 2 fully saturated rings. The van der Waals surface area contributed by atoms with Crippen molar-refractivity contribution < 1.29 is 4.74 Å². The van der Waals surface area contributed by atoms with Crippen molar-refractivity contribution in [1.82, 2.24) is 0 Å². The van der Waals surface area contributed by atoms with E-state index < -0.39 is 0 Å². The van der Waals surface area contributed by atoms with Crippen LogP contribution >= 0.6 is 0 Å². The van der Waals surface area contributed by atoms with E-state index in [-0.39, 0.29) is 11.5 Å². The third-order valence-electron chi connectivity index (χ3n) is 5.94. The van der Waals surface area contributed by atoms with Gasteiger partial charge in [-0.15, -0.1) is 0 Å². The molecule has 0 aliphatic heterocycles. The Balaban J connectivity index is 1.56. The van der Waals surface area contributed by atoms with E-state index in [0.29, 0.717) is 12.0 Å². The average molecular weight is 295 g/mol. The van der Waals surface area contributed by atoms with Crippen molar-refractivity contribution >= 4 is 0 Å². The van der Waals surface area contributed by atoms with Gasteiger partial charge >= 0.3 is 0 Å². The highest BCUT2D eigenvalue weighted by Gasteiger charge is 2.46. The first-order valence-electron chi connectivity index (χ1n) is 8.63. The van der Waals surface area contributed by atoms with Crippen molar-refractivity contribution in [3.63, 3.8) is 0 Å². The first kappa shape index (κ1) is 14.3. The third kappa shape index (κ3) is 2.47. The van der Waals surface area contributed by atoms with Gasteiger partial charge in [-0.05, 0) is 73.6 Å². The molecule has 2 heteroatoms. The average Bonchev–Trinajstić information content (AvgIpc) is 3.34. The summed E-state index contributed by atoms with van der Waals surface area (Å²) in [6.45, 7) is 0. The highest BCUT2D eigenvalue weighted by molar-refractivity contribution is 5.46. The molecule has 1 aromatic rings. The molecule has 1 spiro atoms. The molecule has 22 heavy (non-hydrogen) atoms. The van der Waals surface area contributed by atoms with E-state index >= 15 is 0 Å². The van der Waals surface area contributed by atoms with Gasteiger partial charge in [0.1, 0.15) is 0 Å². The van der Waals surface area contributed by atoms with Crippen LogP contribution in [0.2, 0.25) is 0 Å². The molecule has 0 heterocycles. The molecule has 2 nitrogen and oxygen atoms in total. The fraction of sp³-hybridized carbons (Fsp3) is 0.600. The Bertz CT molecular complexity index is 627. The summed E-state index contributed by atoms with van der Waals surface area (Å²) in [5.74, 6) is 7.35. The van der Waals surface area contributed by atoms with Crippen LogP contribution < -0.4 is 5.73 Å². The second kappa shape index (κ2) is 5.41. The minimum absolute atomic E-state index is 0.169. The molecule has 0 bridgehead atoms. The quantitative estimate of drug-likeness (QED) is 0.804. The molecule has 3 aliphatic carbocycles. The summed E-state index contributed by atoms with van der Waals surface area (Å²) in [7, 11) is 1.83. The number of hydrogen-bond donors (Lipinski definition) is 1. The smallest absolute Gasteiger partial charge is 0.0571 e. The standard InChI is InChI=1S/C20H25NO/c1-22-17-8-10-20(11-9-17)13-16-7-6-15(5-4-14-2-3-14)12-18(16)19(20)21/h6-7,12,14,17,19H,2-3,8-11,13,21H2,1H3. The summed E-state index contributed by atoms with van der Waals surface area (Å²) in [6.07, 6.45) is 8.79. The van der Waals surface area contributed by atoms with E-state index in [0.717, 1.165) is 24.8 Å². The Morgan fingerprint density at radius 2 is 1.95 bits per heavy atom. The van der Waals surface area contributed by atoms with Gasteiger partial charge in [-0.25, -0.2) is 0 Å². The predicted molar refractivity (Wildman–Crippen MR) is 88.4 cm³/mol. The monoisotopic (exact) mass is 295 g/mol.